The third kappa shape index (κ3) is 2.76. The molecule has 4 nitrogen and oxygen atoms in total. The molecule has 2 atom stereocenters. The van der Waals surface area contributed by atoms with Gasteiger partial charge in [-0.05, 0) is 24.1 Å². The molecule has 0 aliphatic carbocycles. The lowest BCUT2D eigenvalue weighted by atomic mass is 9.94. The van der Waals surface area contributed by atoms with E-state index in [4.69, 9.17) is 14.2 Å². The van der Waals surface area contributed by atoms with E-state index in [0.29, 0.717) is 5.92 Å². The third-order valence-electron chi connectivity index (χ3n) is 3.93. The number of methoxy groups -OCH3 is 1. The Hall–Kier alpha value is -1.10. The zero-order valence-corrected chi connectivity index (χ0v) is 11.4. The van der Waals surface area contributed by atoms with Crippen LogP contribution in [0.2, 0.25) is 0 Å². The van der Waals surface area contributed by atoms with Gasteiger partial charge in [0.2, 0.25) is 0 Å². The van der Waals surface area contributed by atoms with Crippen molar-refractivity contribution in [3.05, 3.63) is 29.3 Å². The average molecular weight is 263 g/mol. The molecule has 2 heterocycles. The van der Waals surface area contributed by atoms with Crippen molar-refractivity contribution in [2.24, 2.45) is 0 Å². The molecule has 4 heteroatoms. The SMILES string of the molecule is COc1ccc(C2CCOC2)cc1C1CNCCO1. The lowest BCUT2D eigenvalue weighted by Crippen LogP contribution is -2.33. The third-order valence-corrected chi connectivity index (χ3v) is 3.93. The molecule has 2 aliphatic heterocycles. The maximum atomic E-state index is 5.85. The largest absolute Gasteiger partial charge is 0.496 e. The average Bonchev–Trinajstić information content (AvgIpc) is 3.02. The van der Waals surface area contributed by atoms with Crippen LogP contribution in [0.1, 0.15) is 29.6 Å². The van der Waals surface area contributed by atoms with Crippen molar-refractivity contribution < 1.29 is 14.2 Å². The minimum Gasteiger partial charge on any atom is -0.496 e. The second kappa shape index (κ2) is 5.90. The summed E-state index contributed by atoms with van der Waals surface area (Å²) >= 11 is 0. The first-order valence-electron chi connectivity index (χ1n) is 6.96. The number of hydrogen-bond donors (Lipinski definition) is 1. The molecular formula is C15H21NO3. The van der Waals surface area contributed by atoms with E-state index >= 15 is 0 Å². The summed E-state index contributed by atoms with van der Waals surface area (Å²) in [6, 6.07) is 6.44. The van der Waals surface area contributed by atoms with Crippen LogP contribution >= 0.6 is 0 Å². The number of benzene rings is 1. The van der Waals surface area contributed by atoms with Crippen LogP contribution in [0.25, 0.3) is 0 Å². The van der Waals surface area contributed by atoms with Gasteiger partial charge in [-0.1, -0.05) is 6.07 Å². The van der Waals surface area contributed by atoms with E-state index in [1.54, 1.807) is 7.11 Å². The molecule has 0 saturated carbocycles. The van der Waals surface area contributed by atoms with Crippen molar-refractivity contribution in [1.82, 2.24) is 5.32 Å². The fourth-order valence-corrected chi connectivity index (χ4v) is 2.82. The molecule has 1 aromatic carbocycles. The minimum atomic E-state index is 0.0889. The van der Waals surface area contributed by atoms with Crippen LogP contribution in [0.4, 0.5) is 0 Å². The van der Waals surface area contributed by atoms with E-state index in [1.807, 2.05) is 0 Å². The van der Waals surface area contributed by atoms with Gasteiger partial charge in [-0.25, -0.2) is 0 Å². The van der Waals surface area contributed by atoms with Crippen molar-refractivity contribution in [2.75, 3.05) is 40.0 Å². The predicted molar refractivity (Wildman–Crippen MR) is 72.7 cm³/mol. The highest BCUT2D eigenvalue weighted by atomic mass is 16.5. The molecule has 3 rings (SSSR count). The maximum absolute atomic E-state index is 5.85. The molecule has 19 heavy (non-hydrogen) atoms. The van der Waals surface area contributed by atoms with Crippen molar-refractivity contribution in [3.63, 3.8) is 0 Å². The van der Waals surface area contributed by atoms with Crippen molar-refractivity contribution in [1.29, 1.82) is 0 Å². The number of morpholine rings is 1. The number of nitrogens with one attached hydrogen (secondary N) is 1. The Morgan fingerprint density at radius 3 is 2.95 bits per heavy atom. The van der Waals surface area contributed by atoms with Gasteiger partial charge in [-0.15, -0.1) is 0 Å². The maximum Gasteiger partial charge on any atom is 0.124 e. The molecule has 1 N–H and O–H groups in total. The molecule has 2 saturated heterocycles. The first-order valence-corrected chi connectivity index (χ1v) is 6.96. The first kappa shape index (κ1) is 12.9. The monoisotopic (exact) mass is 263 g/mol. The van der Waals surface area contributed by atoms with Gasteiger partial charge in [-0.3, -0.25) is 0 Å². The van der Waals surface area contributed by atoms with E-state index in [2.05, 4.69) is 23.5 Å². The minimum absolute atomic E-state index is 0.0889. The molecule has 104 valence electrons. The molecule has 0 aromatic heterocycles. The molecule has 0 bridgehead atoms. The lowest BCUT2D eigenvalue weighted by molar-refractivity contribution is 0.0262. The molecule has 2 unspecified atom stereocenters. The van der Waals surface area contributed by atoms with E-state index < -0.39 is 0 Å². The number of ether oxygens (including phenoxy) is 3. The Bertz CT molecular complexity index is 423. The van der Waals surface area contributed by atoms with Gasteiger partial charge in [0.15, 0.2) is 0 Å². The quantitative estimate of drug-likeness (QED) is 0.903. The Morgan fingerprint density at radius 1 is 1.32 bits per heavy atom. The molecule has 0 radical (unpaired) electrons. The van der Waals surface area contributed by atoms with Crippen LogP contribution < -0.4 is 10.1 Å². The summed E-state index contributed by atoms with van der Waals surface area (Å²) in [5.41, 5.74) is 2.49. The van der Waals surface area contributed by atoms with Gasteiger partial charge in [0.1, 0.15) is 5.75 Å². The molecule has 0 spiro atoms. The zero-order valence-electron chi connectivity index (χ0n) is 11.4. The van der Waals surface area contributed by atoms with E-state index in [0.717, 1.165) is 50.6 Å². The van der Waals surface area contributed by atoms with Crippen molar-refractivity contribution >= 4 is 0 Å². The van der Waals surface area contributed by atoms with E-state index in [9.17, 15) is 0 Å². The van der Waals surface area contributed by atoms with Gasteiger partial charge >= 0.3 is 0 Å². The highest BCUT2D eigenvalue weighted by molar-refractivity contribution is 5.40. The standard InChI is InChI=1S/C15H21NO3/c1-17-14-3-2-11(12-4-6-18-10-12)8-13(14)15-9-16-5-7-19-15/h2-3,8,12,15-16H,4-7,9-10H2,1H3. The highest BCUT2D eigenvalue weighted by Gasteiger charge is 2.23. The normalized spacial score (nSPS) is 27.4. The molecule has 1 aromatic rings. The van der Waals surface area contributed by atoms with Crippen LogP contribution in [0.3, 0.4) is 0 Å². The highest BCUT2D eigenvalue weighted by Crippen LogP contribution is 2.33. The van der Waals surface area contributed by atoms with Crippen LogP contribution in [0.5, 0.6) is 5.75 Å². The summed E-state index contributed by atoms with van der Waals surface area (Å²) in [4.78, 5) is 0. The van der Waals surface area contributed by atoms with Crippen LogP contribution in [-0.2, 0) is 9.47 Å². The summed E-state index contributed by atoms with van der Waals surface area (Å²) in [6.45, 7) is 4.23. The van der Waals surface area contributed by atoms with Crippen LogP contribution in [-0.4, -0.2) is 40.0 Å². The van der Waals surface area contributed by atoms with E-state index in [1.165, 1.54) is 5.56 Å². The number of rotatable bonds is 3. The fourth-order valence-electron chi connectivity index (χ4n) is 2.82. The predicted octanol–water partition coefficient (Wildman–Crippen LogP) is 1.86. The Labute approximate surface area is 114 Å². The summed E-state index contributed by atoms with van der Waals surface area (Å²) < 4.78 is 16.8. The number of hydrogen-bond acceptors (Lipinski definition) is 4. The molecule has 2 fully saturated rings. The van der Waals surface area contributed by atoms with Gasteiger partial charge in [0.25, 0.3) is 0 Å². The Balaban J connectivity index is 1.87. The van der Waals surface area contributed by atoms with Crippen molar-refractivity contribution in [2.45, 2.75) is 18.4 Å². The van der Waals surface area contributed by atoms with E-state index in [-0.39, 0.29) is 6.10 Å². The zero-order chi connectivity index (χ0) is 13.1. The van der Waals surface area contributed by atoms with Crippen molar-refractivity contribution in [3.8, 4) is 5.75 Å². The Kier molecular flexibility index (Phi) is 4.01. The Morgan fingerprint density at radius 2 is 2.26 bits per heavy atom. The molecular weight excluding hydrogens is 242 g/mol. The first-order chi connectivity index (χ1) is 9.38. The second-order valence-electron chi connectivity index (χ2n) is 5.13. The smallest absolute Gasteiger partial charge is 0.124 e. The second-order valence-corrected chi connectivity index (χ2v) is 5.13. The summed E-state index contributed by atoms with van der Waals surface area (Å²) in [6.07, 6.45) is 1.20. The fraction of sp³-hybridized carbons (Fsp3) is 0.600. The topological polar surface area (TPSA) is 39.7 Å². The summed E-state index contributed by atoms with van der Waals surface area (Å²) in [7, 11) is 1.72. The molecule has 2 aliphatic rings. The van der Waals surface area contributed by atoms with Gasteiger partial charge in [-0.2, -0.15) is 0 Å². The summed E-state index contributed by atoms with van der Waals surface area (Å²) in [5.74, 6) is 1.43. The van der Waals surface area contributed by atoms with Gasteiger partial charge < -0.3 is 19.5 Å². The lowest BCUT2D eigenvalue weighted by Gasteiger charge is -2.26. The van der Waals surface area contributed by atoms with Gasteiger partial charge in [0, 0.05) is 31.2 Å². The molecule has 0 amide bonds. The van der Waals surface area contributed by atoms with Crippen LogP contribution in [0, 0.1) is 0 Å². The van der Waals surface area contributed by atoms with Gasteiger partial charge in [0.05, 0.1) is 26.4 Å². The van der Waals surface area contributed by atoms with Crippen LogP contribution in [0.15, 0.2) is 18.2 Å². The summed E-state index contributed by atoms with van der Waals surface area (Å²) in [5, 5.41) is 3.37.